The summed E-state index contributed by atoms with van der Waals surface area (Å²) in [6.07, 6.45) is 4.57. The Bertz CT molecular complexity index is 1070. The van der Waals surface area contributed by atoms with E-state index in [0.29, 0.717) is 11.4 Å². The summed E-state index contributed by atoms with van der Waals surface area (Å²) in [5.74, 6) is -0.120. The third kappa shape index (κ3) is 6.52. The van der Waals surface area contributed by atoms with Gasteiger partial charge in [0.05, 0.1) is 0 Å². The third-order valence-electron chi connectivity index (χ3n) is 3.57. The highest BCUT2D eigenvalue weighted by Gasteiger charge is 2.10. The Morgan fingerprint density at radius 2 is 1.86 bits per heavy atom. The molecule has 2 heterocycles. The molecule has 150 valence electrons. The van der Waals surface area contributed by atoms with Crippen molar-refractivity contribution in [3.8, 4) is 11.4 Å². The van der Waals surface area contributed by atoms with Crippen LogP contribution in [0.3, 0.4) is 0 Å². The number of anilines is 1. The molecule has 29 heavy (non-hydrogen) atoms. The van der Waals surface area contributed by atoms with Crippen LogP contribution < -0.4 is 15.6 Å². The zero-order valence-electron chi connectivity index (χ0n) is 15.1. The molecule has 0 radical (unpaired) electrons. The summed E-state index contributed by atoms with van der Waals surface area (Å²) in [5, 5.41) is 4.83. The molecule has 1 amide bonds. The van der Waals surface area contributed by atoms with Gasteiger partial charge in [0.15, 0.2) is 0 Å². The lowest BCUT2D eigenvalue weighted by atomic mass is 10.2. The highest BCUT2D eigenvalue weighted by molar-refractivity contribution is 7.92. The average molecular weight is 414 g/mol. The number of amides is 1. The predicted octanol–water partition coefficient (Wildman–Crippen LogP) is 1.56. The molecular weight excluding hydrogens is 396 g/mol. The van der Waals surface area contributed by atoms with Crippen molar-refractivity contribution in [3.05, 3.63) is 65.8 Å². The topological polar surface area (TPSA) is 139 Å². The second-order valence-electron chi connectivity index (χ2n) is 5.73. The molecule has 0 unspecified atom stereocenters. The molecule has 0 aliphatic heterocycles. The maximum absolute atomic E-state index is 11.9. The summed E-state index contributed by atoms with van der Waals surface area (Å²) < 4.78 is 31.1. The number of nitrogens with one attached hydrogen (secondary N) is 3. The molecule has 0 bridgehead atoms. The van der Waals surface area contributed by atoms with Crippen molar-refractivity contribution >= 4 is 28.0 Å². The monoisotopic (exact) mass is 414 g/mol. The molecule has 0 saturated heterocycles. The Morgan fingerprint density at radius 1 is 1.10 bits per heavy atom. The lowest BCUT2D eigenvalue weighted by molar-refractivity contribution is -0.120. The SMILES string of the molecule is O=C(CCNS(=O)(=O)/C=C/c1ccccc1)NNc1nc(-c2ccncc2)no1. The number of nitrogens with zero attached hydrogens (tertiary/aromatic N) is 3. The highest BCUT2D eigenvalue weighted by Crippen LogP contribution is 2.15. The van der Waals surface area contributed by atoms with Gasteiger partial charge in [0, 0.05) is 36.3 Å². The number of hydrogen-bond acceptors (Lipinski definition) is 8. The molecule has 11 heteroatoms. The molecule has 2 aromatic heterocycles. The first-order valence-corrected chi connectivity index (χ1v) is 10.1. The van der Waals surface area contributed by atoms with Gasteiger partial charge in [-0.05, 0) is 23.8 Å². The van der Waals surface area contributed by atoms with Crippen molar-refractivity contribution in [3.63, 3.8) is 0 Å². The van der Waals surface area contributed by atoms with Crippen molar-refractivity contribution < 1.29 is 17.7 Å². The van der Waals surface area contributed by atoms with Crippen LogP contribution in [0.1, 0.15) is 12.0 Å². The van der Waals surface area contributed by atoms with Crippen LogP contribution in [0, 0.1) is 0 Å². The van der Waals surface area contributed by atoms with Gasteiger partial charge < -0.3 is 4.52 Å². The molecule has 0 saturated carbocycles. The standard InChI is InChI=1S/C18H18N6O4S/c25-16(8-12-20-29(26,27)13-9-14-4-2-1-3-5-14)22-23-18-21-17(24-28-18)15-6-10-19-11-7-15/h1-7,9-11,13,20H,8,12H2,(H,22,25)(H,21,23,24)/b13-9+. The number of benzene rings is 1. The summed E-state index contributed by atoms with van der Waals surface area (Å²) in [6, 6.07) is 12.4. The van der Waals surface area contributed by atoms with Crippen molar-refractivity contribution in [2.24, 2.45) is 0 Å². The minimum Gasteiger partial charge on any atom is -0.313 e. The van der Waals surface area contributed by atoms with Gasteiger partial charge in [0.1, 0.15) is 0 Å². The smallest absolute Gasteiger partial charge is 0.313 e. The quantitative estimate of drug-likeness (QED) is 0.448. The molecule has 0 atom stereocenters. The van der Waals surface area contributed by atoms with Gasteiger partial charge in [-0.15, -0.1) is 0 Å². The van der Waals surface area contributed by atoms with E-state index in [1.807, 2.05) is 6.07 Å². The Kier molecular flexibility index (Phi) is 6.66. The van der Waals surface area contributed by atoms with Crippen LogP contribution in [0.5, 0.6) is 0 Å². The normalized spacial score (nSPS) is 11.4. The van der Waals surface area contributed by atoms with Crippen LogP contribution in [0.2, 0.25) is 0 Å². The van der Waals surface area contributed by atoms with E-state index in [0.717, 1.165) is 11.0 Å². The third-order valence-corrected chi connectivity index (χ3v) is 4.67. The Balaban J connectivity index is 1.41. The minimum atomic E-state index is -3.65. The van der Waals surface area contributed by atoms with E-state index in [9.17, 15) is 13.2 Å². The lowest BCUT2D eigenvalue weighted by Gasteiger charge is -2.05. The first-order chi connectivity index (χ1) is 14.0. The maximum atomic E-state index is 11.9. The molecule has 3 rings (SSSR count). The largest absolute Gasteiger partial charge is 0.340 e. The molecule has 0 spiro atoms. The number of sulfonamides is 1. The van der Waals surface area contributed by atoms with Crippen LogP contribution in [-0.2, 0) is 14.8 Å². The highest BCUT2D eigenvalue weighted by atomic mass is 32.2. The fraction of sp³-hybridized carbons (Fsp3) is 0.111. The summed E-state index contributed by atoms with van der Waals surface area (Å²) in [4.78, 5) is 19.8. The van der Waals surface area contributed by atoms with Crippen LogP contribution in [0.15, 0.2) is 64.8 Å². The lowest BCUT2D eigenvalue weighted by Crippen LogP contribution is -2.33. The average Bonchev–Trinajstić information content (AvgIpc) is 3.21. The fourth-order valence-corrected chi connectivity index (χ4v) is 2.98. The first-order valence-electron chi connectivity index (χ1n) is 8.54. The van der Waals surface area contributed by atoms with E-state index in [1.165, 1.54) is 6.08 Å². The number of carbonyl (C=O) groups excluding carboxylic acids is 1. The molecule has 1 aromatic carbocycles. The van der Waals surface area contributed by atoms with E-state index in [4.69, 9.17) is 4.52 Å². The van der Waals surface area contributed by atoms with E-state index in [-0.39, 0.29) is 19.0 Å². The van der Waals surface area contributed by atoms with E-state index < -0.39 is 15.9 Å². The number of aromatic nitrogens is 3. The second-order valence-corrected chi connectivity index (χ2v) is 7.39. The van der Waals surface area contributed by atoms with Gasteiger partial charge in [0.2, 0.25) is 21.8 Å². The predicted molar refractivity (Wildman–Crippen MR) is 106 cm³/mol. The number of hydrogen-bond donors (Lipinski definition) is 3. The van der Waals surface area contributed by atoms with Gasteiger partial charge in [0.25, 0.3) is 0 Å². The Morgan fingerprint density at radius 3 is 2.62 bits per heavy atom. The number of pyridine rings is 1. The van der Waals surface area contributed by atoms with Crippen molar-refractivity contribution in [2.75, 3.05) is 12.0 Å². The maximum Gasteiger partial charge on any atom is 0.340 e. The van der Waals surface area contributed by atoms with Crippen molar-refractivity contribution in [1.29, 1.82) is 0 Å². The Hall–Kier alpha value is -3.57. The van der Waals surface area contributed by atoms with Gasteiger partial charge in [-0.3, -0.25) is 15.2 Å². The van der Waals surface area contributed by atoms with Gasteiger partial charge in [-0.2, -0.15) is 4.98 Å². The molecule has 0 aliphatic rings. The molecule has 0 fully saturated rings. The van der Waals surface area contributed by atoms with E-state index in [1.54, 1.807) is 48.8 Å². The zero-order valence-corrected chi connectivity index (χ0v) is 16.0. The molecular formula is C18H18N6O4S. The molecule has 0 aliphatic carbocycles. The van der Waals surface area contributed by atoms with Crippen LogP contribution in [0.25, 0.3) is 17.5 Å². The second kappa shape index (κ2) is 9.57. The molecule has 3 aromatic rings. The Labute approximate surface area is 167 Å². The summed E-state index contributed by atoms with van der Waals surface area (Å²) >= 11 is 0. The number of carbonyl (C=O) groups is 1. The number of hydrazine groups is 1. The van der Waals surface area contributed by atoms with E-state index in [2.05, 4.69) is 30.7 Å². The van der Waals surface area contributed by atoms with Crippen LogP contribution in [0.4, 0.5) is 6.01 Å². The first kappa shape index (κ1) is 20.2. The van der Waals surface area contributed by atoms with Crippen LogP contribution in [-0.4, -0.2) is 36.0 Å². The van der Waals surface area contributed by atoms with Crippen molar-refractivity contribution in [2.45, 2.75) is 6.42 Å². The van der Waals surface area contributed by atoms with Gasteiger partial charge in [-0.25, -0.2) is 18.6 Å². The molecule has 3 N–H and O–H groups in total. The van der Waals surface area contributed by atoms with Gasteiger partial charge in [-0.1, -0.05) is 35.5 Å². The summed E-state index contributed by atoms with van der Waals surface area (Å²) in [5.41, 5.74) is 6.30. The van der Waals surface area contributed by atoms with Crippen LogP contribution >= 0.6 is 0 Å². The van der Waals surface area contributed by atoms with Gasteiger partial charge >= 0.3 is 6.01 Å². The minimum absolute atomic E-state index is 0.00321. The summed E-state index contributed by atoms with van der Waals surface area (Å²) in [7, 11) is -3.65. The van der Waals surface area contributed by atoms with Crippen molar-refractivity contribution in [1.82, 2.24) is 25.3 Å². The number of rotatable bonds is 9. The zero-order chi connectivity index (χ0) is 20.5. The van der Waals surface area contributed by atoms with E-state index >= 15 is 0 Å². The molecule has 10 nitrogen and oxygen atoms in total. The summed E-state index contributed by atoms with van der Waals surface area (Å²) in [6.45, 7) is -0.0684. The fourth-order valence-electron chi connectivity index (χ4n) is 2.17.